The zero-order chi connectivity index (χ0) is 11.6. The Hall–Kier alpha value is -1.42. The molecular formula is C11H17NO3. The van der Waals surface area contributed by atoms with E-state index in [0.717, 1.165) is 0 Å². The molecule has 0 unspecified atom stereocenters. The summed E-state index contributed by atoms with van der Waals surface area (Å²) in [5.41, 5.74) is 2.42. The number of aliphatic hydroxyl groups excluding tert-OH is 1. The summed E-state index contributed by atoms with van der Waals surface area (Å²) in [5.74, 6) is 0.321. The van der Waals surface area contributed by atoms with Gasteiger partial charge in [-0.2, -0.15) is 0 Å². The zero-order valence-corrected chi connectivity index (χ0v) is 9.26. The normalized spacial score (nSPS) is 10.4. The van der Waals surface area contributed by atoms with Crippen molar-refractivity contribution in [1.29, 1.82) is 0 Å². The van der Waals surface area contributed by atoms with E-state index in [4.69, 9.17) is 5.11 Å². The highest BCUT2D eigenvalue weighted by Crippen LogP contribution is 2.39. The van der Waals surface area contributed by atoms with E-state index in [9.17, 15) is 10.2 Å². The summed E-state index contributed by atoms with van der Waals surface area (Å²) in [5, 5.41) is 31.2. The predicted molar refractivity (Wildman–Crippen MR) is 59.6 cm³/mol. The molecule has 0 amide bonds. The second-order valence-electron chi connectivity index (χ2n) is 3.60. The minimum absolute atomic E-state index is 0.0213. The monoisotopic (exact) mass is 211 g/mol. The van der Waals surface area contributed by atoms with Crippen molar-refractivity contribution in [2.45, 2.75) is 20.8 Å². The van der Waals surface area contributed by atoms with Crippen LogP contribution in [0.3, 0.4) is 0 Å². The van der Waals surface area contributed by atoms with E-state index >= 15 is 0 Å². The smallest absolute Gasteiger partial charge is 0.142 e. The van der Waals surface area contributed by atoms with Crippen molar-refractivity contribution in [2.75, 3.05) is 18.5 Å². The topological polar surface area (TPSA) is 72.7 Å². The maximum absolute atomic E-state index is 9.86. The van der Waals surface area contributed by atoms with Gasteiger partial charge in [-0.25, -0.2) is 0 Å². The van der Waals surface area contributed by atoms with Crippen LogP contribution < -0.4 is 5.32 Å². The molecule has 0 atom stereocenters. The Balaban J connectivity index is 3.26. The number of rotatable bonds is 3. The van der Waals surface area contributed by atoms with Crippen LogP contribution in [0.25, 0.3) is 0 Å². The van der Waals surface area contributed by atoms with Crippen LogP contribution in [-0.2, 0) is 0 Å². The van der Waals surface area contributed by atoms with Crippen LogP contribution in [-0.4, -0.2) is 28.5 Å². The Morgan fingerprint density at radius 1 is 0.933 bits per heavy atom. The second-order valence-corrected chi connectivity index (χ2v) is 3.60. The fourth-order valence-electron chi connectivity index (χ4n) is 1.52. The molecule has 15 heavy (non-hydrogen) atoms. The third kappa shape index (κ3) is 1.99. The van der Waals surface area contributed by atoms with Gasteiger partial charge in [-0.05, 0) is 31.9 Å². The molecule has 4 nitrogen and oxygen atoms in total. The van der Waals surface area contributed by atoms with Crippen LogP contribution in [0.4, 0.5) is 5.69 Å². The summed E-state index contributed by atoms with van der Waals surface area (Å²) in [4.78, 5) is 0. The van der Waals surface area contributed by atoms with Crippen LogP contribution in [0.2, 0.25) is 0 Å². The largest absolute Gasteiger partial charge is 0.507 e. The van der Waals surface area contributed by atoms with Crippen molar-refractivity contribution < 1.29 is 15.3 Å². The molecule has 0 radical (unpaired) electrons. The van der Waals surface area contributed by atoms with Gasteiger partial charge in [0.05, 0.1) is 12.3 Å². The minimum Gasteiger partial charge on any atom is -0.507 e. The van der Waals surface area contributed by atoms with E-state index in [-0.39, 0.29) is 18.1 Å². The molecule has 4 N–H and O–H groups in total. The molecular weight excluding hydrogens is 194 g/mol. The van der Waals surface area contributed by atoms with Gasteiger partial charge in [0, 0.05) is 12.1 Å². The highest BCUT2D eigenvalue weighted by molar-refractivity contribution is 5.70. The molecule has 0 fully saturated rings. The van der Waals surface area contributed by atoms with Crippen molar-refractivity contribution in [2.24, 2.45) is 0 Å². The molecule has 84 valence electrons. The molecule has 0 heterocycles. The third-order valence-corrected chi connectivity index (χ3v) is 2.65. The van der Waals surface area contributed by atoms with E-state index in [1.165, 1.54) is 0 Å². The lowest BCUT2D eigenvalue weighted by atomic mass is 10.0. The third-order valence-electron chi connectivity index (χ3n) is 2.65. The van der Waals surface area contributed by atoms with Crippen LogP contribution in [0.1, 0.15) is 16.7 Å². The summed E-state index contributed by atoms with van der Waals surface area (Å²) in [6, 6.07) is 0. The Kier molecular flexibility index (Phi) is 3.42. The Morgan fingerprint density at radius 2 is 1.47 bits per heavy atom. The molecule has 0 aliphatic rings. The van der Waals surface area contributed by atoms with Crippen molar-refractivity contribution in [3.63, 3.8) is 0 Å². The van der Waals surface area contributed by atoms with E-state index in [1.807, 2.05) is 0 Å². The summed E-state index contributed by atoms with van der Waals surface area (Å²) < 4.78 is 0. The first-order chi connectivity index (χ1) is 7.00. The molecule has 0 aliphatic carbocycles. The van der Waals surface area contributed by atoms with E-state index < -0.39 is 0 Å². The lowest BCUT2D eigenvalue weighted by Gasteiger charge is -2.16. The van der Waals surface area contributed by atoms with Crippen molar-refractivity contribution >= 4 is 5.69 Å². The Labute approximate surface area is 89.2 Å². The summed E-state index contributed by atoms with van der Waals surface area (Å²) in [7, 11) is 0. The van der Waals surface area contributed by atoms with Crippen LogP contribution in [0, 0.1) is 20.8 Å². The van der Waals surface area contributed by atoms with E-state index in [2.05, 4.69) is 5.32 Å². The number of benzene rings is 1. The molecule has 0 spiro atoms. The number of aliphatic hydroxyl groups is 1. The average molecular weight is 211 g/mol. The van der Waals surface area contributed by atoms with Crippen molar-refractivity contribution in [1.82, 2.24) is 0 Å². The van der Waals surface area contributed by atoms with Crippen LogP contribution in [0.5, 0.6) is 11.5 Å². The number of hydrogen-bond donors (Lipinski definition) is 4. The summed E-state index contributed by atoms with van der Waals surface area (Å²) >= 11 is 0. The number of nitrogens with one attached hydrogen (secondary N) is 1. The van der Waals surface area contributed by atoms with Gasteiger partial charge in [0.15, 0.2) is 0 Å². The van der Waals surface area contributed by atoms with Gasteiger partial charge in [-0.1, -0.05) is 0 Å². The number of phenolic OH excluding ortho intramolecular Hbond substituents is 2. The van der Waals surface area contributed by atoms with Crippen molar-refractivity contribution in [3.8, 4) is 11.5 Å². The van der Waals surface area contributed by atoms with E-state index in [0.29, 0.717) is 28.9 Å². The molecule has 1 aromatic rings. The highest BCUT2D eigenvalue weighted by Gasteiger charge is 2.15. The van der Waals surface area contributed by atoms with Crippen LogP contribution >= 0.6 is 0 Å². The summed E-state index contributed by atoms with van der Waals surface area (Å²) in [6.07, 6.45) is 0. The van der Waals surface area contributed by atoms with Gasteiger partial charge >= 0.3 is 0 Å². The lowest BCUT2D eigenvalue weighted by Crippen LogP contribution is -2.08. The molecule has 4 heteroatoms. The maximum Gasteiger partial charge on any atom is 0.142 e. The number of phenols is 2. The van der Waals surface area contributed by atoms with E-state index in [1.54, 1.807) is 20.8 Å². The van der Waals surface area contributed by atoms with Crippen LogP contribution in [0.15, 0.2) is 0 Å². The maximum atomic E-state index is 9.86. The standard InChI is InChI=1S/C11H17NO3/c1-6-7(2)11(15)9(12-4-5-13)8(3)10(6)14/h12-15H,4-5H2,1-3H3. The summed E-state index contributed by atoms with van der Waals surface area (Å²) in [6.45, 7) is 5.55. The van der Waals surface area contributed by atoms with Gasteiger partial charge in [-0.3, -0.25) is 0 Å². The first kappa shape index (κ1) is 11.7. The second kappa shape index (κ2) is 4.40. The Morgan fingerprint density at radius 3 is 2.00 bits per heavy atom. The SMILES string of the molecule is Cc1c(C)c(O)c(NCCO)c(C)c1O. The Bertz CT molecular complexity index is 346. The van der Waals surface area contributed by atoms with Gasteiger partial charge in [-0.15, -0.1) is 0 Å². The van der Waals surface area contributed by atoms with Gasteiger partial charge < -0.3 is 20.6 Å². The molecule has 0 bridgehead atoms. The molecule has 1 aromatic carbocycles. The molecule has 0 saturated carbocycles. The fourth-order valence-corrected chi connectivity index (χ4v) is 1.52. The number of hydrogen-bond acceptors (Lipinski definition) is 4. The minimum atomic E-state index is -0.0213. The average Bonchev–Trinajstić information content (AvgIpc) is 2.24. The zero-order valence-electron chi connectivity index (χ0n) is 9.26. The van der Waals surface area contributed by atoms with Crippen molar-refractivity contribution in [3.05, 3.63) is 16.7 Å². The highest BCUT2D eigenvalue weighted by atomic mass is 16.3. The number of anilines is 1. The van der Waals surface area contributed by atoms with Gasteiger partial charge in [0.25, 0.3) is 0 Å². The molecule has 0 aromatic heterocycles. The first-order valence-electron chi connectivity index (χ1n) is 4.87. The molecule has 0 aliphatic heterocycles. The van der Waals surface area contributed by atoms with Gasteiger partial charge in [0.1, 0.15) is 11.5 Å². The molecule has 0 saturated heterocycles. The predicted octanol–water partition coefficient (Wildman–Crippen LogP) is 1.43. The number of aromatic hydroxyl groups is 2. The first-order valence-corrected chi connectivity index (χ1v) is 4.87. The molecule has 1 rings (SSSR count). The fraction of sp³-hybridized carbons (Fsp3) is 0.455. The quantitative estimate of drug-likeness (QED) is 0.451. The lowest BCUT2D eigenvalue weighted by molar-refractivity contribution is 0.311. The van der Waals surface area contributed by atoms with Gasteiger partial charge in [0.2, 0.25) is 0 Å².